The van der Waals surface area contributed by atoms with Crippen LogP contribution in [0.3, 0.4) is 0 Å². The van der Waals surface area contributed by atoms with E-state index >= 15 is 0 Å². The SMILES string of the molecule is COc1ccc(OC)c(CCC(=O)Nc2ccccc2C(=O)N2CCCCC2)c1. The summed E-state index contributed by atoms with van der Waals surface area (Å²) in [6.07, 6.45) is 4.01. The van der Waals surface area contributed by atoms with Crippen molar-refractivity contribution < 1.29 is 19.1 Å². The van der Waals surface area contributed by atoms with E-state index < -0.39 is 0 Å². The van der Waals surface area contributed by atoms with E-state index in [9.17, 15) is 9.59 Å². The fourth-order valence-electron chi connectivity index (χ4n) is 3.58. The molecular formula is C23H28N2O4. The Hall–Kier alpha value is -3.02. The third-order valence-electron chi connectivity index (χ3n) is 5.18. The minimum Gasteiger partial charge on any atom is -0.497 e. The Labute approximate surface area is 171 Å². The van der Waals surface area contributed by atoms with Crippen molar-refractivity contribution in [3.63, 3.8) is 0 Å². The van der Waals surface area contributed by atoms with Crippen molar-refractivity contribution in [3.05, 3.63) is 53.6 Å². The van der Waals surface area contributed by atoms with Gasteiger partial charge in [0.1, 0.15) is 11.5 Å². The summed E-state index contributed by atoms with van der Waals surface area (Å²) in [6, 6.07) is 12.7. The Bertz CT molecular complexity index is 860. The molecular weight excluding hydrogens is 368 g/mol. The van der Waals surface area contributed by atoms with Crippen LogP contribution in [0, 0.1) is 0 Å². The van der Waals surface area contributed by atoms with Gasteiger partial charge >= 0.3 is 0 Å². The second-order valence-corrected chi connectivity index (χ2v) is 7.12. The molecule has 0 aromatic heterocycles. The van der Waals surface area contributed by atoms with Gasteiger partial charge in [-0.15, -0.1) is 0 Å². The molecule has 2 amide bonds. The minimum atomic E-state index is -0.145. The summed E-state index contributed by atoms with van der Waals surface area (Å²) in [7, 11) is 3.21. The molecule has 0 unspecified atom stereocenters. The second-order valence-electron chi connectivity index (χ2n) is 7.12. The molecule has 0 radical (unpaired) electrons. The van der Waals surface area contributed by atoms with Gasteiger partial charge in [0.15, 0.2) is 0 Å². The van der Waals surface area contributed by atoms with E-state index in [1.807, 2.05) is 35.2 Å². The first-order valence-electron chi connectivity index (χ1n) is 10.0. The predicted molar refractivity (Wildman–Crippen MR) is 113 cm³/mol. The van der Waals surface area contributed by atoms with E-state index in [0.717, 1.165) is 49.4 Å². The van der Waals surface area contributed by atoms with Crippen molar-refractivity contribution in [2.24, 2.45) is 0 Å². The number of methoxy groups -OCH3 is 2. The van der Waals surface area contributed by atoms with E-state index in [-0.39, 0.29) is 18.2 Å². The molecule has 1 fully saturated rings. The number of aryl methyl sites for hydroxylation is 1. The molecule has 0 aliphatic carbocycles. The number of carbonyl (C=O) groups is 2. The molecule has 0 atom stereocenters. The second kappa shape index (κ2) is 9.96. The van der Waals surface area contributed by atoms with Crippen LogP contribution in [-0.2, 0) is 11.2 Å². The van der Waals surface area contributed by atoms with Crippen LogP contribution in [0.2, 0.25) is 0 Å². The first kappa shape index (κ1) is 20.7. The van der Waals surface area contributed by atoms with Crippen LogP contribution in [0.1, 0.15) is 41.6 Å². The highest BCUT2D eigenvalue weighted by Gasteiger charge is 2.21. The van der Waals surface area contributed by atoms with E-state index in [0.29, 0.717) is 17.7 Å². The predicted octanol–water partition coefficient (Wildman–Crippen LogP) is 3.90. The lowest BCUT2D eigenvalue weighted by molar-refractivity contribution is -0.116. The number of likely N-dealkylation sites (tertiary alicyclic amines) is 1. The molecule has 29 heavy (non-hydrogen) atoms. The third-order valence-corrected chi connectivity index (χ3v) is 5.18. The van der Waals surface area contributed by atoms with Gasteiger partial charge in [-0.25, -0.2) is 0 Å². The van der Waals surface area contributed by atoms with Crippen molar-refractivity contribution in [1.29, 1.82) is 0 Å². The molecule has 2 aromatic rings. The van der Waals surface area contributed by atoms with E-state index in [1.165, 1.54) is 0 Å². The van der Waals surface area contributed by atoms with Crippen molar-refractivity contribution in [1.82, 2.24) is 4.90 Å². The third kappa shape index (κ3) is 5.28. The lowest BCUT2D eigenvalue weighted by Gasteiger charge is -2.27. The van der Waals surface area contributed by atoms with Gasteiger partial charge in [0.05, 0.1) is 25.5 Å². The highest BCUT2D eigenvalue weighted by molar-refractivity contribution is 6.03. The average molecular weight is 396 g/mol. The molecule has 0 spiro atoms. The topological polar surface area (TPSA) is 67.9 Å². The monoisotopic (exact) mass is 396 g/mol. The van der Waals surface area contributed by atoms with Crippen molar-refractivity contribution in [3.8, 4) is 11.5 Å². The molecule has 1 saturated heterocycles. The normalized spacial score (nSPS) is 13.7. The van der Waals surface area contributed by atoms with Crippen molar-refractivity contribution in [2.45, 2.75) is 32.1 Å². The number of ether oxygens (including phenoxy) is 2. The summed E-state index contributed by atoms with van der Waals surface area (Å²) in [5.41, 5.74) is 2.01. The summed E-state index contributed by atoms with van der Waals surface area (Å²) in [4.78, 5) is 27.3. The lowest BCUT2D eigenvalue weighted by Crippen LogP contribution is -2.36. The fourth-order valence-corrected chi connectivity index (χ4v) is 3.58. The highest BCUT2D eigenvalue weighted by Crippen LogP contribution is 2.26. The lowest BCUT2D eigenvalue weighted by atomic mass is 10.1. The van der Waals surface area contributed by atoms with E-state index in [1.54, 1.807) is 26.4 Å². The number of amides is 2. The van der Waals surface area contributed by atoms with Gasteiger partial charge in [-0.2, -0.15) is 0 Å². The number of para-hydroxylation sites is 1. The van der Waals surface area contributed by atoms with Crippen LogP contribution in [0.5, 0.6) is 11.5 Å². The molecule has 1 heterocycles. The van der Waals surface area contributed by atoms with Crippen molar-refractivity contribution >= 4 is 17.5 Å². The maximum Gasteiger partial charge on any atom is 0.255 e. The summed E-state index contributed by atoms with van der Waals surface area (Å²) in [6.45, 7) is 1.55. The van der Waals surface area contributed by atoms with Gasteiger partial charge in [0.25, 0.3) is 5.91 Å². The van der Waals surface area contributed by atoms with Gasteiger partial charge in [-0.05, 0) is 61.6 Å². The minimum absolute atomic E-state index is 0.0185. The summed E-state index contributed by atoms with van der Waals surface area (Å²) < 4.78 is 10.6. The summed E-state index contributed by atoms with van der Waals surface area (Å²) in [5.74, 6) is 1.28. The van der Waals surface area contributed by atoms with Gasteiger partial charge < -0.3 is 19.7 Å². The van der Waals surface area contributed by atoms with Crippen LogP contribution in [-0.4, -0.2) is 44.0 Å². The number of nitrogens with one attached hydrogen (secondary N) is 1. The Morgan fingerprint density at radius 3 is 2.48 bits per heavy atom. The molecule has 6 nitrogen and oxygen atoms in total. The molecule has 1 N–H and O–H groups in total. The number of hydrogen-bond donors (Lipinski definition) is 1. The molecule has 3 rings (SSSR count). The Balaban J connectivity index is 1.66. The number of nitrogens with zero attached hydrogens (tertiary/aromatic N) is 1. The molecule has 2 aromatic carbocycles. The smallest absolute Gasteiger partial charge is 0.255 e. The Morgan fingerprint density at radius 2 is 1.76 bits per heavy atom. The fraction of sp³-hybridized carbons (Fsp3) is 0.391. The highest BCUT2D eigenvalue weighted by atomic mass is 16.5. The molecule has 1 aliphatic rings. The summed E-state index contributed by atoms with van der Waals surface area (Å²) in [5, 5.41) is 2.91. The molecule has 154 valence electrons. The van der Waals surface area contributed by atoms with Gasteiger partial charge in [-0.3, -0.25) is 9.59 Å². The standard InChI is InChI=1S/C23H28N2O4/c1-28-18-11-12-21(29-2)17(16-18)10-13-22(26)24-20-9-5-4-8-19(20)23(27)25-14-6-3-7-15-25/h4-5,8-9,11-12,16H,3,6-7,10,13-15H2,1-2H3,(H,24,26). The van der Waals surface area contributed by atoms with Gasteiger partial charge in [0, 0.05) is 19.5 Å². The maximum absolute atomic E-state index is 12.9. The summed E-state index contributed by atoms with van der Waals surface area (Å²) >= 11 is 0. The number of benzene rings is 2. The van der Waals surface area contributed by atoms with Crippen LogP contribution < -0.4 is 14.8 Å². The number of hydrogen-bond acceptors (Lipinski definition) is 4. The molecule has 6 heteroatoms. The molecule has 0 bridgehead atoms. The van der Waals surface area contributed by atoms with Crippen LogP contribution in [0.15, 0.2) is 42.5 Å². The Kier molecular flexibility index (Phi) is 7.11. The van der Waals surface area contributed by atoms with E-state index in [4.69, 9.17) is 9.47 Å². The number of piperidine rings is 1. The van der Waals surface area contributed by atoms with Gasteiger partial charge in [-0.1, -0.05) is 12.1 Å². The van der Waals surface area contributed by atoms with Crippen LogP contribution in [0.25, 0.3) is 0 Å². The molecule has 0 saturated carbocycles. The average Bonchev–Trinajstić information content (AvgIpc) is 2.78. The first-order valence-corrected chi connectivity index (χ1v) is 10.0. The number of anilines is 1. The zero-order valence-electron chi connectivity index (χ0n) is 17.1. The van der Waals surface area contributed by atoms with Crippen molar-refractivity contribution in [2.75, 3.05) is 32.6 Å². The number of carbonyl (C=O) groups excluding carboxylic acids is 2. The number of rotatable bonds is 7. The quantitative estimate of drug-likeness (QED) is 0.771. The largest absolute Gasteiger partial charge is 0.497 e. The zero-order valence-corrected chi connectivity index (χ0v) is 17.1. The van der Waals surface area contributed by atoms with Gasteiger partial charge in [0.2, 0.25) is 5.91 Å². The first-order chi connectivity index (χ1) is 14.1. The molecule has 1 aliphatic heterocycles. The van der Waals surface area contributed by atoms with Crippen LogP contribution >= 0.6 is 0 Å². The van der Waals surface area contributed by atoms with E-state index in [2.05, 4.69) is 5.32 Å². The Morgan fingerprint density at radius 1 is 1.00 bits per heavy atom. The zero-order chi connectivity index (χ0) is 20.6. The maximum atomic E-state index is 12.9. The van der Waals surface area contributed by atoms with Crippen LogP contribution in [0.4, 0.5) is 5.69 Å².